The molecule has 1 spiro atoms. The first-order chi connectivity index (χ1) is 14.7. The van der Waals surface area contributed by atoms with E-state index in [9.17, 15) is 19.2 Å². The largest absolute Gasteiger partial charge is 0.463 e. The second kappa shape index (κ2) is 8.80. The molecule has 1 fully saturated rings. The van der Waals surface area contributed by atoms with Crippen molar-refractivity contribution in [1.29, 1.82) is 0 Å². The number of esters is 3. The van der Waals surface area contributed by atoms with Crippen molar-refractivity contribution in [2.45, 2.75) is 65.1 Å². The number of ether oxygens (including phenoxy) is 5. The van der Waals surface area contributed by atoms with E-state index < -0.39 is 34.9 Å². The highest BCUT2D eigenvalue weighted by atomic mass is 16.7. The first-order valence-corrected chi connectivity index (χ1v) is 10.3. The van der Waals surface area contributed by atoms with E-state index in [0.717, 1.165) is 0 Å². The standard InChI is InChI=1S/C21H27NO9/c1-5-20(31-14(4)24,19(26)27-6-2)16-11-17-21(29-9-10-30-21)7-8-22(17)18(25)15(16)12-28-13(3)23/h11H,5-10,12H2,1-4H3. The van der Waals surface area contributed by atoms with E-state index >= 15 is 0 Å². The van der Waals surface area contributed by atoms with Crippen LogP contribution in [0.15, 0.2) is 10.9 Å². The van der Waals surface area contributed by atoms with Gasteiger partial charge in [-0.15, -0.1) is 0 Å². The number of rotatable bonds is 7. The summed E-state index contributed by atoms with van der Waals surface area (Å²) in [4.78, 5) is 50.0. The van der Waals surface area contributed by atoms with Gasteiger partial charge in [-0.05, 0) is 19.4 Å². The molecule has 10 nitrogen and oxygen atoms in total. The minimum Gasteiger partial charge on any atom is -0.463 e. The van der Waals surface area contributed by atoms with E-state index in [1.165, 1.54) is 18.4 Å². The van der Waals surface area contributed by atoms with Gasteiger partial charge in [-0.3, -0.25) is 14.4 Å². The van der Waals surface area contributed by atoms with Gasteiger partial charge in [0.15, 0.2) is 0 Å². The Morgan fingerprint density at radius 1 is 1.13 bits per heavy atom. The molecule has 2 aliphatic rings. The van der Waals surface area contributed by atoms with E-state index in [1.807, 2.05) is 0 Å². The van der Waals surface area contributed by atoms with Crippen molar-refractivity contribution in [3.8, 4) is 0 Å². The van der Waals surface area contributed by atoms with Crippen molar-refractivity contribution in [2.24, 2.45) is 0 Å². The molecule has 31 heavy (non-hydrogen) atoms. The summed E-state index contributed by atoms with van der Waals surface area (Å²) in [6, 6.07) is 1.57. The minimum absolute atomic E-state index is 0.00388. The molecule has 0 aliphatic carbocycles. The molecule has 3 rings (SSSR count). The van der Waals surface area contributed by atoms with E-state index in [2.05, 4.69) is 0 Å². The monoisotopic (exact) mass is 437 g/mol. The van der Waals surface area contributed by atoms with Crippen LogP contribution in [0.3, 0.4) is 0 Å². The van der Waals surface area contributed by atoms with Gasteiger partial charge in [-0.25, -0.2) is 4.79 Å². The normalized spacial score (nSPS) is 18.3. The molecular weight excluding hydrogens is 410 g/mol. The van der Waals surface area contributed by atoms with Gasteiger partial charge < -0.3 is 28.3 Å². The van der Waals surface area contributed by atoms with Crippen LogP contribution in [0.25, 0.3) is 0 Å². The molecule has 1 aromatic rings. The quantitative estimate of drug-likeness (QED) is 0.458. The summed E-state index contributed by atoms with van der Waals surface area (Å²) in [6.07, 6.45) is 0.404. The molecule has 1 saturated heterocycles. The fraction of sp³-hybridized carbons (Fsp3) is 0.619. The van der Waals surface area contributed by atoms with Gasteiger partial charge in [0, 0.05) is 32.4 Å². The van der Waals surface area contributed by atoms with Crippen LogP contribution in [0.4, 0.5) is 0 Å². The molecule has 1 unspecified atom stereocenters. The number of hydrogen-bond donors (Lipinski definition) is 0. The van der Waals surface area contributed by atoms with Crippen molar-refractivity contribution in [3.05, 3.63) is 33.2 Å². The van der Waals surface area contributed by atoms with Crippen LogP contribution in [0.2, 0.25) is 0 Å². The zero-order valence-corrected chi connectivity index (χ0v) is 18.1. The highest BCUT2D eigenvalue weighted by molar-refractivity contribution is 5.85. The van der Waals surface area contributed by atoms with E-state index in [-0.39, 0.29) is 30.8 Å². The Hall–Kier alpha value is -2.72. The summed E-state index contributed by atoms with van der Waals surface area (Å²) in [7, 11) is 0. The molecule has 0 amide bonds. The van der Waals surface area contributed by atoms with E-state index in [0.29, 0.717) is 31.9 Å². The third kappa shape index (κ3) is 3.97. The lowest BCUT2D eigenvalue weighted by Crippen LogP contribution is -2.44. The van der Waals surface area contributed by atoms with Crippen LogP contribution < -0.4 is 5.56 Å². The molecule has 0 bridgehead atoms. The number of carbonyl (C=O) groups is 3. The maximum atomic E-state index is 13.4. The number of fused-ring (bicyclic) bond motifs is 2. The summed E-state index contributed by atoms with van der Waals surface area (Å²) in [5.41, 5.74) is -1.81. The summed E-state index contributed by atoms with van der Waals surface area (Å²) in [5.74, 6) is -3.25. The fourth-order valence-corrected chi connectivity index (χ4v) is 4.14. The molecule has 0 N–H and O–H groups in total. The van der Waals surface area contributed by atoms with Crippen LogP contribution in [0.1, 0.15) is 57.4 Å². The predicted molar refractivity (Wildman–Crippen MR) is 105 cm³/mol. The Kier molecular flexibility index (Phi) is 6.51. The third-order valence-electron chi connectivity index (χ3n) is 5.48. The molecule has 10 heteroatoms. The smallest absolute Gasteiger partial charge is 0.355 e. The topological polar surface area (TPSA) is 119 Å². The first kappa shape index (κ1) is 23.0. The number of carbonyl (C=O) groups excluding carboxylic acids is 3. The van der Waals surface area contributed by atoms with Crippen molar-refractivity contribution in [2.75, 3.05) is 19.8 Å². The van der Waals surface area contributed by atoms with Gasteiger partial charge in [-0.1, -0.05) is 6.92 Å². The average Bonchev–Trinajstić information content (AvgIpc) is 3.33. The summed E-state index contributed by atoms with van der Waals surface area (Å²) < 4.78 is 29.0. The zero-order valence-electron chi connectivity index (χ0n) is 18.1. The Morgan fingerprint density at radius 2 is 1.81 bits per heavy atom. The number of nitrogens with zero attached hydrogens (tertiary/aromatic N) is 1. The van der Waals surface area contributed by atoms with Crippen molar-refractivity contribution >= 4 is 17.9 Å². The second-order valence-corrected chi connectivity index (χ2v) is 7.35. The van der Waals surface area contributed by atoms with Crippen LogP contribution in [-0.2, 0) is 62.6 Å². The van der Waals surface area contributed by atoms with E-state index in [1.54, 1.807) is 19.9 Å². The van der Waals surface area contributed by atoms with Crippen molar-refractivity contribution in [1.82, 2.24) is 4.57 Å². The second-order valence-electron chi connectivity index (χ2n) is 7.35. The lowest BCUT2D eigenvalue weighted by molar-refractivity contribution is -0.184. The number of hydrogen-bond acceptors (Lipinski definition) is 9. The Bertz CT molecular complexity index is 945. The Balaban J connectivity index is 2.29. The number of pyridine rings is 1. The highest BCUT2D eigenvalue weighted by Crippen LogP contribution is 2.42. The lowest BCUT2D eigenvalue weighted by atomic mass is 9.86. The third-order valence-corrected chi connectivity index (χ3v) is 5.48. The van der Waals surface area contributed by atoms with Crippen molar-refractivity contribution in [3.63, 3.8) is 0 Å². The van der Waals surface area contributed by atoms with Gasteiger partial charge in [0.2, 0.25) is 11.4 Å². The first-order valence-electron chi connectivity index (χ1n) is 10.3. The maximum absolute atomic E-state index is 13.4. The molecule has 170 valence electrons. The van der Waals surface area contributed by atoms with Gasteiger partial charge in [-0.2, -0.15) is 0 Å². The lowest BCUT2D eigenvalue weighted by Gasteiger charge is -2.33. The number of aromatic nitrogens is 1. The predicted octanol–water partition coefficient (Wildman–Crippen LogP) is 1.25. The van der Waals surface area contributed by atoms with E-state index in [4.69, 9.17) is 23.7 Å². The molecule has 0 saturated carbocycles. The minimum atomic E-state index is -1.89. The summed E-state index contributed by atoms with van der Waals surface area (Å²) >= 11 is 0. The Labute approximate surface area is 179 Å². The molecule has 0 aromatic carbocycles. The van der Waals surface area contributed by atoms with Crippen LogP contribution in [0, 0.1) is 0 Å². The van der Waals surface area contributed by atoms with Gasteiger partial charge in [0.1, 0.15) is 6.61 Å². The van der Waals surface area contributed by atoms with Gasteiger partial charge in [0.05, 0.1) is 31.1 Å². The SMILES string of the molecule is CCOC(=O)C(CC)(OC(C)=O)c1cc2n(c(=O)c1COC(C)=O)CCC21OCCO1. The molecule has 2 aliphatic heterocycles. The van der Waals surface area contributed by atoms with Gasteiger partial charge in [0.25, 0.3) is 5.56 Å². The maximum Gasteiger partial charge on any atom is 0.355 e. The highest BCUT2D eigenvalue weighted by Gasteiger charge is 2.51. The Morgan fingerprint density at radius 3 is 2.35 bits per heavy atom. The molecular formula is C21H27NO9. The summed E-state index contributed by atoms with van der Waals surface area (Å²) in [5, 5.41) is 0. The van der Waals surface area contributed by atoms with Gasteiger partial charge >= 0.3 is 17.9 Å². The summed E-state index contributed by atoms with van der Waals surface area (Å²) in [6.45, 7) is 6.34. The van der Waals surface area contributed by atoms with Crippen molar-refractivity contribution < 1.29 is 38.1 Å². The molecule has 3 heterocycles. The van der Waals surface area contributed by atoms with Crippen LogP contribution in [-0.4, -0.2) is 42.3 Å². The fourth-order valence-electron chi connectivity index (χ4n) is 4.14. The average molecular weight is 437 g/mol. The van der Waals surface area contributed by atoms with Crippen LogP contribution in [0.5, 0.6) is 0 Å². The molecule has 0 radical (unpaired) electrons. The molecule has 1 atom stereocenters. The zero-order chi connectivity index (χ0) is 22.8. The molecule has 1 aromatic heterocycles. The van der Waals surface area contributed by atoms with Crippen LogP contribution >= 0.6 is 0 Å².